The van der Waals surface area contributed by atoms with E-state index >= 15 is 0 Å². The molecule has 4 heteroatoms. The number of benzene rings is 1. The van der Waals surface area contributed by atoms with Crippen LogP contribution in [0.15, 0.2) is 18.2 Å². The second kappa shape index (κ2) is 9.22. The Morgan fingerprint density at radius 1 is 1.15 bits per heavy atom. The van der Waals surface area contributed by atoms with Crippen molar-refractivity contribution in [2.75, 3.05) is 33.4 Å². The molecule has 1 fully saturated rings. The molecule has 1 aliphatic heterocycles. The van der Waals surface area contributed by atoms with Crippen molar-refractivity contribution in [1.29, 1.82) is 0 Å². The van der Waals surface area contributed by atoms with Gasteiger partial charge in [-0.25, -0.2) is 0 Å². The van der Waals surface area contributed by atoms with Gasteiger partial charge in [0.2, 0.25) is 0 Å². The van der Waals surface area contributed by atoms with E-state index in [4.69, 9.17) is 9.47 Å². The molecular formula is C16H26ClNO2. The van der Waals surface area contributed by atoms with Crippen molar-refractivity contribution in [3.8, 4) is 5.75 Å². The van der Waals surface area contributed by atoms with E-state index < -0.39 is 0 Å². The minimum Gasteiger partial charge on any atom is -0.493 e. The van der Waals surface area contributed by atoms with Crippen LogP contribution in [0.2, 0.25) is 0 Å². The number of methoxy groups -OCH3 is 1. The van der Waals surface area contributed by atoms with Crippen LogP contribution < -0.4 is 10.1 Å². The van der Waals surface area contributed by atoms with Crippen molar-refractivity contribution in [2.45, 2.75) is 32.1 Å². The average Bonchev–Trinajstić information content (AvgIpc) is 2.44. The van der Waals surface area contributed by atoms with Crippen LogP contribution in [0.1, 0.15) is 36.3 Å². The lowest BCUT2D eigenvalue weighted by molar-refractivity contribution is 0.172. The number of hydrogen-bond donors (Lipinski definition) is 1. The zero-order valence-corrected chi connectivity index (χ0v) is 13.3. The Balaban J connectivity index is 0.00000200. The summed E-state index contributed by atoms with van der Waals surface area (Å²) in [5.41, 5.74) is 2.72. The number of hydrogen-bond acceptors (Lipinski definition) is 3. The normalized spacial score (nSPS) is 15.7. The van der Waals surface area contributed by atoms with Gasteiger partial charge in [-0.15, -0.1) is 12.4 Å². The van der Waals surface area contributed by atoms with Gasteiger partial charge in [-0.3, -0.25) is 0 Å². The monoisotopic (exact) mass is 299 g/mol. The van der Waals surface area contributed by atoms with E-state index in [1.54, 1.807) is 7.11 Å². The molecule has 0 amide bonds. The summed E-state index contributed by atoms with van der Waals surface area (Å²) in [5.74, 6) is 1.69. The first-order valence-electron chi connectivity index (χ1n) is 7.23. The third-order valence-electron chi connectivity index (χ3n) is 3.65. The van der Waals surface area contributed by atoms with Crippen LogP contribution in [0.25, 0.3) is 0 Å². The molecule has 1 saturated heterocycles. The Labute approximate surface area is 128 Å². The predicted molar refractivity (Wildman–Crippen MR) is 85.3 cm³/mol. The van der Waals surface area contributed by atoms with Crippen molar-refractivity contribution in [1.82, 2.24) is 5.32 Å². The smallest absolute Gasteiger partial charge is 0.119 e. The number of rotatable bonds is 6. The summed E-state index contributed by atoms with van der Waals surface area (Å²) in [4.78, 5) is 0. The minimum absolute atomic E-state index is 0. The fourth-order valence-corrected chi connectivity index (χ4v) is 2.64. The molecule has 1 N–H and O–H groups in total. The highest BCUT2D eigenvalue weighted by atomic mass is 35.5. The SMILES string of the molecule is COCCCOc1cc(C)cc(C2CCNCC2)c1.Cl. The highest BCUT2D eigenvalue weighted by Crippen LogP contribution is 2.29. The lowest BCUT2D eigenvalue weighted by atomic mass is 9.89. The van der Waals surface area contributed by atoms with Gasteiger partial charge in [-0.2, -0.15) is 0 Å². The van der Waals surface area contributed by atoms with Crippen LogP contribution in [0.3, 0.4) is 0 Å². The van der Waals surface area contributed by atoms with Gasteiger partial charge in [-0.05, 0) is 62.0 Å². The average molecular weight is 300 g/mol. The summed E-state index contributed by atoms with van der Waals surface area (Å²) >= 11 is 0. The second-order valence-corrected chi connectivity index (χ2v) is 5.30. The Bertz CT molecular complexity index is 392. The summed E-state index contributed by atoms with van der Waals surface area (Å²) in [6, 6.07) is 6.64. The lowest BCUT2D eigenvalue weighted by Crippen LogP contribution is -2.26. The molecule has 0 aromatic heterocycles. The maximum Gasteiger partial charge on any atom is 0.119 e. The summed E-state index contributed by atoms with van der Waals surface area (Å²) in [5, 5.41) is 3.42. The van der Waals surface area contributed by atoms with Crippen LogP contribution in [-0.4, -0.2) is 33.4 Å². The molecule has 0 spiro atoms. The molecule has 0 unspecified atom stereocenters. The number of nitrogens with one attached hydrogen (secondary N) is 1. The van der Waals surface area contributed by atoms with Crippen LogP contribution in [0.4, 0.5) is 0 Å². The third kappa shape index (κ3) is 5.31. The Morgan fingerprint density at radius 2 is 1.90 bits per heavy atom. The molecule has 1 aliphatic rings. The van der Waals surface area contributed by atoms with Crippen LogP contribution in [-0.2, 0) is 4.74 Å². The quantitative estimate of drug-likeness (QED) is 0.818. The van der Waals surface area contributed by atoms with Gasteiger partial charge < -0.3 is 14.8 Å². The number of ether oxygens (including phenoxy) is 2. The zero-order valence-electron chi connectivity index (χ0n) is 12.5. The molecule has 3 nitrogen and oxygen atoms in total. The van der Waals surface area contributed by atoms with E-state index in [0.717, 1.165) is 38.5 Å². The third-order valence-corrected chi connectivity index (χ3v) is 3.65. The van der Waals surface area contributed by atoms with Gasteiger partial charge in [0.1, 0.15) is 5.75 Å². The van der Waals surface area contributed by atoms with E-state index in [1.807, 2.05) is 0 Å². The number of aryl methyl sites for hydroxylation is 1. The molecule has 0 bridgehead atoms. The van der Waals surface area contributed by atoms with Crippen LogP contribution >= 0.6 is 12.4 Å². The first kappa shape index (κ1) is 17.3. The van der Waals surface area contributed by atoms with E-state index in [9.17, 15) is 0 Å². The largest absolute Gasteiger partial charge is 0.493 e. The molecule has 0 aliphatic carbocycles. The summed E-state index contributed by atoms with van der Waals surface area (Å²) in [6.45, 7) is 5.88. The molecular weight excluding hydrogens is 274 g/mol. The molecule has 20 heavy (non-hydrogen) atoms. The standard InChI is InChI=1S/C16H25NO2.ClH/c1-13-10-15(14-4-6-17-7-5-14)12-16(11-13)19-9-3-8-18-2;/h10-12,14,17H,3-9H2,1-2H3;1H. The van der Waals surface area contributed by atoms with Crippen LogP contribution in [0, 0.1) is 6.92 Å². The molecule has 1 heterocycles. The van der Waals surface area contributed by atoms with Gasteiger partial charge in [0, 0.05) is 20.1 Å². The maximum atomic E-state index is 5.82. The molecule has 114 valence electrons. The van der Waals surface area contributed by atoms with E-state index in [0.29, 0.717) is 5.92 Å². The first-order chi connectivity index (χ1) is 9.29. The molecule has 1 aromatic rings. The molecule has 1 aromatic carbocycles. The lowest BCUT2D eigenvalue weighted by Gasteiger charge is -2.23. The van der Waals surface area contributed by atoms with Gasteiger partial charge in [0.25, 0.3) is 0 Å². The van der Waals surface area contributed by atoms with Gasteiger partial charge in [0.15, 0.2) is 0 Å². The van der Waals surface area contributed by atoms with Crippen molar-refractivity contribution < 1.29 is 9.47 Å². The second-order valence-electron chi connectivity index (χ2n) is 5.30. The van der Waals surface area contributed by atoms with Crippen molar-refractivity contribution in [3.63, 3.8) is 0 Å². The number of piperidine rings is 1. The topological polar surface area (TPSA) is 30.5 Å². The first-order valence-corrected chi connectivity index (χ1v) is 7.23. The Kier molecular flexibility index (Phi) is 7.97. The van der Waals surface area contributed by atoms with Gasteiger partial charge in [-0.1, -0.05) is 6.07 Å². The van der Waals surface area contributed by atoms with Crippen molar-refractivity contribution in [3.05, 3.63) is 29.3 Å². The molecule has 0 saturated carbocycles. The highest BCUT2D eigenvalue weighted by molar-refractivity contribution is 5.85. The van der Waals surface area contributed by atoms with Gasteiger partial charge in [0.05, 0.1) is 6.61 Å². The Morgan fingerprint density at radius 3 is 2.60 bits per heavy atom. The fourth-order valence-electron chi connectivity index (χ4n) is 2.64. The molecule has 0 radical (unpaired) electrons. The fraction of sp³-hybridized carbons (Fsp3) is 0.625. The summed E-state index contributed by atoms with van der Waals surface area (Å²) < 4.78 is 10.9. The zero-order chi connectivity index (χ0) is 13.5. The molecule has 2 rings (SSSR count). The number of halogens is 1. The summed E-state index contributed by atoms with van der Waals surface area (Å²) in [7, 11) is 1.72. The maximum absolute atomic E-state index is 5.82. The van der Waals surface area contributed by atoms with E-state index in [-0.39, 0.29) is 12.4 Å². The highest BCUT2D eigenvalue weighted by Gasteiger charge is 2.16. The van der Waals surface area contributed by atoms with Crippen molar-refractivity contribution in [2.24, 2.45) is 0 Å². The van der Waals surface area contributed by atoms with E-state index in [1.165, 1.54) is 24.0 Å². The predicted octanol–water partition coefficient (Wildman–Crippen LogP) is 3.30. The van der Waals surface area contributed by atoms with E-state index in [2.05, 4.69) is 30.4 Å². The molecule has 0 atom stereocenters. The minimum atomic E-state index is 0. The Hall–Kier alpha value is -0.770. The van der Waals surface area contributed by atoms with Crippen molar-refractivity contribution >= 4 is 12.4 Å². The van der Waals surface area contributed by atoms with Gasteiger partial charge >= 0.3 is 0 Å². The van der Waals surface area contributed by atoms with Crippen LogP contribution in [0.5, 0.6) is 5.75 Å². The summed E-state index contributed by atoms with van der Waals surface area (Å²) in [6.07, 6.45) is 3.40.